The molecule has 1 atom stereocenters. The zero-order valence-corrected chi connectivity index (χ0v) is 16.5. The van der Waals surface area contributed by atoms with Gasteiger partial charge in [-0.05, 0) is 42.9 Å². The summed E-state index contributed by atoms with van der Waals surface area (Å²) < 4.78 is 7.45. The van der Waals surface area contributed by atoms with E-state index in [-0.39, 0.29) is 0 Å². The zero-order chi connectivity index (χ0) is 19.1. The molecule has 146 valence electrons. The summed E-state index contributed by atoms with van der Waals surface area (Å²) in [5.41, 5.74) is 1.32. The quantitative estimate of drug-likeness (QED) is 0.578. The molecule has 0 saturated carbocycles. The van der Waals surface area contributed by atoms with E-state index in [1.165, 1.54) is 18.4 Å². The molecule has 0 bridgehead atoms. The lowest BCUT2D eigenvalue weighted by atomic mass is 9.98. The number of ether oxygens (including phenoxy) is 1. The Hall–Kier alpha value is -2.57. The summed E-state index contributed by atoms with van der Waals surface area (Å²) in [4.78, 5) is 4.31. The van der Waals surface area contributed by atoms with E-state index in [4.69, 9.17) is 4.74 Å². The topological polar surface area (TPSA) is 76.4 Å². The van der Waals surface area contributed by atoms with Crippen molar-refractivity contribution in [3.05, 3.63) is 41.5 Å². The zero-order valence-electron chi connectivity index (χ0n) is 16.5. The van der Waals surface area contributed by atoms with Crippen molar-refractivity contribution >= 4 is 5.96 Å². The van der Waals surface area contributed by atoms with Crippen molar-refractivity contribution in [3.8, 4) is 5.75 Å². The number of aromatic nitrogens is 3. The molecular formula is C20H30N6O. The molecule has 1 aliphatic rings. The number of guanidine groups is 1. The van der Waals surface area contributed by atoms with E-state index in [0.29, 0.717) is 12.5 Å². The third kappa shape index (κ3) is 4.99. The van der Waals surface area contributed by atoms with Crippen molar-refractivity contribution in [3.63, 3.8) is 0 Å². The third-order valence-corrected chi connectivity index (χ3v) is 5.13. The molecule has 7 heteroatoms. The van der Waals surface area contributed by atoms with Gasteiger partial charge in [-0.2, -0.15) is 0 Å². The van der Waals surface area contributed by atoms with Crippen molar-refractivity contribution in [2.24, 2.45) is 4.99 Å². The standard InChI is InChI=1S/C20H30N6O/c1-15(16-7-9-17(27-3)10-8-16)11-12-22-20(21-2)23-14-19-25-24-18-6-4-5-13-26(18)19/h7-10,15H,4-6,11-14H2,1-3H3,(H2,21,22,23). The smallest absolute Gasteiger partial charge is 0.191 e. The predicted molar refractivity (Wildman–Crippen MR) is 107 cm³/mol. The van der Waals surface area contributed by atoms with E-state index in [0.717, 1.165) is 49.3 Å². The number of fused-ring (bicyclic) bond motifs is 1. The highest BCUT2D eigenvalue weighted by molar-refractivity contribution is 5.79. The maximum atomic E-state index is 5.22. The normalized spacial score (nSPS) is 15.1. The van der Waals surface area contributed by atoms with Gasteiger partial charge in [-0.15, -0.1) is 10.2 Å². The molecule has 2 heterocycles. The van der Waals surface area contributed by atoms with Crippen molar-refractivity contribution in [2.75, 3.05) is 20.7 Å². The van der Waals surface area contributed by atoms with Gasteiger partial charge in [0.2, 0.25) is 0 Å². The molecule has 27 heavy (non-hydrogen) atoms. The van der Waals surface area contributed by atoms with Gasteiger partial charge in [0.15, 0.2) is 11.8 Å². The van der Waals surface area contributed by atoms with E-state index >= 15 is 0 Å². The number of nitrogens with zero attached hydrogens (tertiary/aromatic N) is 4. The van der Waals surface area contributed by atoms with E-state index in [1.54, 1.807) is 14.2 Å². The summed E-state index contributed by atoms with van der Waals surface area (Å²) in [5, 5.41) is 15.4. The summed E-state index contributed by atoms with van der Waals surface area (Å²) >= 11 is 0. The predicted octanol–water partition coefficient (Wildman–Crippen LogP) is 2.48. The SMILES string of the molecule is CN=C(NCCC(C)c1ccc(OC)cc1)NCc1nnc2n1CCCC2. The first-order valence-corrected chi connectivity index (χ1v) is 9.70. The summed E-state index contributed by atoms with van der Waals surface area (Å²) in [6.45, 7) is 4.75. The summed E-state index contributed by atoms with van der Waals surface area (Å²) in [6, 6.07) is 8.29. The first-order valence-electron chi connectivity index (χ1n) is 9.70. The van der Waals surface area contributed by atoms with Gasteiger partial charge in [-0.3, -0.25) is 4.99 Å². The van der Waals surface area contributed by atoms with Crippen LogP contribution in [-0.2, 0) is 19.5 Å². The maximum Gasteiger partial charge on any atom is 0.191 e. The molecule has 2 aromatic rings. The van der Waals surface area contributed by atoms with Gasteiger partial charge in [0.25, 0.3) is 0 Å². The van der Waals surface area contributed by atoms with Crippen LogP contribution in [0.3, 0.4) is 0 Å². The lowest BCUT2D eigenvalue weighted by Gasteiger charge is -2.17. The molecule has 0 spiro atoms. The highest BCUT2D eigenvalue weighted by atomic mass is 16.5. The molecule has 1 aromatic heterocycles. The average molecular weight is 371 g/mol. The van der Waals surface area contributed by atoms with Crippen molar-refractivity contribution < 1.29 is 4.74 Å². The molecular weight excluding hydrogens is 340 g/mol. The molecule has 3 rings (SSSR count). The van der Waals surface area contributed by atoms with Crippen LogP contribution < -0.4 is 15.4 Å². The lowest BCUT2D eigenvalue weighted by molar-refractivity contribution is 0.414. The fraction of sp³-hybridized carbons (Fsp3) is 0.550. The molecule has 2 N–H and O–H groups in total. The maximum absolute atomic E-state index is 5.22. The lowest BCUT2D eigenvalue weighted by Crippen LogP contribution is -2.38. The molecule has 0 radical (unpaired) electrons. The minimum Gasteiger partial charge on any atom is -0.497 e. The Morgan fingerprint density at radius 1 is 1.22 bits per heavy atom. The monoisotopic (exact) mass is 370 g/mol. The number of nitrogens with one attached hydrogen (secondary N) is 2. The summed E-state index contributed by atoms with van der Waals surface area (Å²) in [7, 11) is 3.48. The molecule has 1 aliphatic heterocycles. The number of aryl methyl sites for hydroxylation is 1. The number of methoxy groups -OCH3 is 1. The molecule has 0 saturated heterocycles. The van der Waals surface area contributed by atoms with Gasteiger partial charge < -0.3 is 19.9 Å². The fourth-order valence-electron chi connectivity index (χ4n) is 3.39. The van der Waals surface area contributed by atoms with E-state index in [9.17, 15) is 0 Å². The summed E-state index contributed by atoms with van der Waals surface area (Å²) in [5.74, 6) is 4.24. The van der Waals surface area contributed by atoms with Crippen LogP contribution in [0.4, 0.5) is 0 Å². The second-order valence-corrected chi connectivity index (χ2v) is 6.96. The first-order chi connectivity index (χ1) is 13.2. The molecule has 7 nitrogen and oxygen atoms in total. The summed E-state index contributed by atoms with van der Waals surface area (Å²) in [6.07, 6.45) is 4.46. The van der Waals surface area contributed by atoms with E-state index < -0.39 is 0 Å². The van der Waals surface area contributed by atoms with Gasteiger partial charge >= 0.3 is 0 Å². The van der Waals surface area contributed by atoms with Crippen LogP contribution in [-0.4, -0.2) is 41.4 Å². The Bertz CT molecular complexity index is 752. The second kappa shape index (κ2) is 9.39. The van der Waals surface area contributed by atoms with Crippen molar-refractivity contribution in [2.45, 2.75) is 51.6 Å². The number of benzene rings is 1. The highest BCUT2D eigenvalue weighted by Gasteiger charge is 2.15. The van der Waals surface area contributed by atoms with Crippen LogP contribution in [0, 0.1) is 0 Å². The third-order valence-electron chi connectivity index (χ3n) is 5.13. The Morgan fingerprint density at radius 3 is 2.78 bits per heavy atom. The van der Waals surface area contributed by atoms with Gasteiger partial charge in [0.05, 0.1) is 13.7 Å². The van der Waals surface area contributed by atoms with E-state index in [1.807, 2.05) is 12.1 Å². The molecule has 1 aromatic carbocycles. The molecule has 0 fully saturated rings. The number of hydrogen-bond acceptors (Lipinski definition) is 4. The average Bonchev–Trinajstić information content (AvgIpc) is 3.13. The minimum atomic E-state index is 0.463. The largest absolute Gasteiger partial charge is 0.497 e. The van der Waals surface area contributed by atoms with Crippen molar-refractivity contribution in [1.82, 2.24) is 25.4 Å². The van der Waals surface area contributed by atoms with Crippen LogP contribution in [0.15, 0.2) is 29.3 Å². The number of rotatable bonds is 7. The van der Waals surface area contributed by atoms with E-state index in [2.05, 4.69) is 49.4 Å². The van der Waals surface area contributed by atoms with Gasteiger partial charge in [0, 0.05) is 26.6 Å². The Kier molecular flexibility index (Phi) is 6.68. The second-order valence-electron chi connectivity index (χ2n) is 6.96. The Morgan fingerprint density at radius 2 is 2.04 bits per heavy atom. The van der Waals surface area contributed by atoms with Crippen LogP contribution in [0.25, 0.3) is 0 Å². The van der Waals surface area contributed by atoms with Crippen LogP contribution in [0.2, 0.25) is 0 Å². The van der Waals surface area contributed by atoms with Crippen molar-refractivity contribution in [1.29, 1.82) is 0 Å². The minimum absolute atomic E-state index is 0.463. The van der Waals surface area contributed by atoms with Gasteiger partial charge in [0.1, 0.15) is 11.6 Å². The van der Waals surface area contributed by atoms with Crippen LogP contribution >= 0.6 is 0 Å². The molecule has 0 amide bonds. The molecule has 0 aliphatic carbocycles. The first kappa shape index (κ1) is 19.2. The van der Waals surface area contributed by atoms with Gasteiger partial charge in [-0.1, -0.05) is 19.1 Å². The number of hydrogen-bond donors (Lipinski definition) is 2. The fourth-order valence-corrected chi connectivity index (χ4v) is 3.39. The highest BCUT2D eigenvalue weighted by Crippen LogP contribution is 2.21. The van der Waals surface area contributed by atoms with Crippen LogP contribution in [0.5, 0.6) is 5.75 Å². The molecule has 1 unspecified atom stereocenters. The number of aliphatic imine (C=N–C) groups is 1. The van der Waals surface area contributed by atoms with Crippen LogP contribution in [0.1, 0.15) is 49.3 Å². The Balaban J connectivity index is 1.44. The van der Waals surface area contributed by atoms with Gasteiger partial charge in [-0.25, -0.2) is 0 Å². The Labute approximate surface area is 161 Å².